The molecule has 25 heavy (non-hydrogen) atoms. The molecule has 0 aliphatic rings. The zero-order valence-electron chi connectivity index (χ0n) is 14.4. The summed E-state index contributed by atoms with van der Waals surface area (Å²) in [6, 6.07) is 16.4. The van der Waals surface area contributed by atoms with Crippen molar-refractivity contribution in [2.45, 2.75) is 20.3 Å². The quantitative estimate of drug-likeness (QED) is 0.544. The Labute approximate surface area is 153 Å². The van der Waals surface area contributed by atoms with E-state index in [9.17, 15) is 4.79 Å². The Kier molecular flexibility index (Phi) is 7.22. The van der Waals surface area contributed by atoms with Gasteiger partial charge in [0.1, 0.15) is 11.5 Å². The first kappa shape index (κ1) is 18.7. The van der Waals surface area contributed by atoms with Crippen LogP contribution in [-0.4, -0.2) is 17.6 Å². The highest BCUT2D eigenvalue weighted by atomic mass is 32.1. The number of benzene rings is 2. The van der Waals surface area contributed by atoms with Gasteiger partial charge in [0.05, 0.1) is 0 Å². The van der Waals surface area contributed by atoms with Gasteiger partial charge in [-0.3, -0.25) is 15.6 Å². The molecule has 0 spiro atoms. The number of carbonyl (C=O) groups is 1. The zero-order valence-corrected chi connectivity index (χ0v) is 15.2. The van der Waals surface area contributed by atoms with E-state index in [1.807, 2.05) is 30.3 Å². The van der Waals surface area contributed by atoms with Crippen molar-refractivity contribution in [2.24, 2.45) is 5.92 Å². The van der Waals surface area contributed by atoms with Crippen LogP contribution in [0.25, 0.3) is 0 Å². The SMILES string of the molecule is CC(C)CCNC(=S)NNC(=O)c1cccc(Oc2ccccc2)c1. The summed E-state index contributed by atoms with van der Waals surface area (Å²) in [7, 11) is 0. The number of nitrogens with one attached hydrogen (secondary N) is 3. The minimum atomic E-state index is -0.286. The molecule has 0 heterocycles. The van der Waals surface area contributed by atoms with E-state index in [1.165, 1.54) is 0 Å². The normalized spacial score (nSPS) is 10.2. The summed E-state index contributed by atoms with van der Waals surface area (Å²) in [6.07, 6.45) is 1.01. The molecule has 0 bridgehead atoms. The molecule has 0 aromatic heterocycles. The van der Waals surface area contributed by atoms with Crippen molar-refractivity contribution in [1.82, 2.24) is 16.2 Å². The second kappa shape index (κ2) is 9.64. The summed E-state index contributed by atoms with van der Waals surface area (Å²) in [4.78, 5) is 12.2. The van der Waals surface area contributed by atoms with Gasteiger partial charge in [-0.1, -0.05) is 38.1 Å². The van der Waals surface area contributed by atoms with Crippen LogP contribution in [-0.2, 0) is 0 Å². The number of thiocarbonyl (C=S) groups is 1. The van der Waals surface area contributed by atoms with E-state index in [-0.39, 0.29) is 5.91 Å². The van der Waals surface area contributed by atoms with Crippen molar-refractivity contribution in [2.75, 3.05) is 6.54 Å². The van der Waals surface area contributed by atoms with Gasteiger partial charge in [0.25, 0.3) is 5.91 Å². The maximum absolute atomic E-state index is 12.2. The van der Waals surface area contributed by atoms with E-state index in [0.717, 1.165) is 13.0 Å². The molecule has 0 saturated carbocycles. The van der Waals surface area contributed by atoms with Crippen LogP contribution in [0.4, 0.5) is 0 Å². The Morgan fingerprint density at radius 1 is 1.04 bits per heavy atom. The Morgan fingerprint density at radius 3 is 2.48 bits per heavy atom. The minimum absolute atomic E-state index is 0.286. The first-order valence-electron chi connectivity index (χ1n) is 8.22. The van der Waals surface area contributed by atoms with Crippen molar-refractivity contribution in [3.8, 4) is 11.5 Å². The number of carbonyl (C=O) groups excluding carboxylic acids is 1. The lowest BCUT2D eigenvalue weighted by atomic mass is 10.1. The van der Waals surface area contributed by atoms with Crippen LogP contribution < -0.4 is 20.9 Å². The molecule has 132 valence electrons. The molecule has 6 heteroatoms. The highest BCUT2D eigenvalue weighted by Crippen LogP contribution is 2.21. The van der Waals surface area contributed by atoms with Crippen LogP contribution in [0.5, 0.6) is 11.5 Å². The maximum Gasteiger partial charge on any atom is 0.269 e. The molecule has 1 amide bonds. The molecule has 0 saturated heterocycles. The topological polar surface area (TPSA) is 62.4 Å². The smallest absolute Gasteiger partial charge is 0.269 e. The molecule has 0 unspecified atom stereocenters. The molecule has 2 aromatic carbocycles. The average Bonchev–Trinajstić information content (AvgIpc) is 2.60. The monoisotopic (exact) mass is 357 g/mol. The Bertz CT molecular complexity index is 705. The fourth-order valence-corrected chi connectivity index (χ4v) is 2.18. The van der Waals surface area contributed by atoms with Gasteiger partial charge in [0.15, 0.2) is 5.11 Å². The molecule has 5 nitrogen and oxygen atoms in total. The summed E-state index contributed by atoms with van der Waals surface area (Å²) >= 11 is 5.13. The standard InChI is InChI=1S/C19H23N3O2S/c1-14(2)11-12-20-19(25)22-21-18(23)15-7-6-10-17(13-15)24-16-8-4-3-5-9-16/h3-10,13-14H,11-12H2,1-2H3,(H,21,23)(H2,20,22,25). The lowest BCUT2D eigenvalue weighted by Crippen LogP contribution is -2.47. The summed E-state index contributed by atoms with van der Waals surface area (Å²) in [5.74, 6) is 1.62. The minimum Gasteiger partial charge on any atom is -0.457 e. The molecule has 0 atom stereocenters. The van der Waals surface area contributed by atoms with E-state index in [1.54, 1.807) is 24.3 Å². The lowest BCUT2D eigenvalue weighted by Gasteiger charge is -2.13. The van der Waals surface area contributed by atoms with Crippen LogP contribution in [0.2, 0.25) is 0 Å². The third-order valence-electron chi connectivity index (χ3n) is 3.37. The van der Waals surface area contributed by atoms with Gasteiger partial charge in [-0.25, -0.2) is 0 Å². The van der Waals surface area contributed by atoms with Crippen LogP contribution in [0.15, 0.2) is 54.6 Å². The Morgan fingerprint density at radius 2 is 1.76 bits per heavy atom. The van der Waals surface area contributed by atoms with Gasteiger partial charge >= 0.3 is 0 Å². The summed E-state index contributed by atoms with van der Waals surface area (Å²) < 4.78 is 5.73. The molecule has 0 fully saturated rings. The molecule has 0 radical (unpaired) electrons. The van der Waals surface area contributed by atoms with E-state index in [0.29, 0.717) is 28.1 Å². The first-order chi connectivity index (χ1) is 12.0. The highest BCUT2D eigenvalue weighted by Gasteiger charge is 2.07. The second-order valence-electron chi connectivity index (χ2n) is 5.96. The van der Waals surface area contributed by atoms with Crippen molar-refractivity contribution in [3.63, 3.8) is 0 Å². The highest BCUT2D eigenvalue weighted by molar-refractivity contribution is 7.80. The molecule has 0 aliphatic carbocycles. The maximum atomic E-state index is 12.2. The lowest BCUT2D eigenvalue weighted by molar-refractivity contribution is 0.0943. The van der Waals surface area contributed by atoms with Crippen molar-refractivity contribution < 1.29 is 9.53 Å². The number of para-hydroxylation sites is 1. The van der Waals surface area contributed by atoms with E-state index in [4.69, 9.17) is 17.0 Å². The Hall–Kier alpha value is -2.60. The molecule has 2 rings (SSSR count). The van der Waals surface area contributed by atoms with Crippen molar-refractivity contribution in [1.29, 1.82) is 0 Å². The van der Waals surface area contributed by atoms with Gasteiger partial charge in [0, 0.05) is 12.1 Å². The summed E-state index contributed by atoms with van der Waals surface area (Å²) in [5, 5.41) is 3.44. The van der Waals surface area contributed by atoms with Gasteiger partial charge in [-0.2, -0.15) is 0 Å². The third-order valence-corrected chi connectivity index (χ3v) is 3.62. The number of hydrogen-bond acceptors (Lipinski definition) is 3. The fourth-order valence-electron chi connectivity index (χ4n) is 2.03. The van der Waals surface area contributed by atoms with Gasteiger partial charge < -0.3 is 10.1 Å². The fraction of sp³-hybridized carbons (Fsp3) is 0.263. The van der Waals surface area contributed by atoms with Crippen LogP contribution >= 0.6 is 12.2 Å². The van der Waals surface area contributed by atoms with Crippen LogP contribution in [0.3, 0.4) is 0 Å². The molecular formula is C19H23N3O2S. The predicted molar refractivity (Wildman–Crippen MR) is 104 cm³/mol. The first-order valence-corrected chi connectivity index (χ1v) is 8.62. The number of amides is 1. The molecular weight excluding hydrogens is 334 g/mol. The number of hydrazine groups is 1. The molecule has 3 N–H and O–H groups in total. The van der Waals surface area contributed by atoms with Gasteiger partial charge in [-0.05, 0) is 54.9 Å². The molecule has 0 aliphatic heterocycles. The average molecular weight is 357 g/mol. The second-order valence-corrected chi connectivity index (χ2v) is 6.37. The van der Waals surface area contributed by atoms with Crippen LogP contribution in [0, 0.1) is 5.92 Å². The van der Waals surface area contributed by atoms with E-state index < -0.39 is 0 Å². The largest absolute Gasteiger partial charge is 0.457 e. The summed E-state index contributed by atoms with van der Waals surface area (Å²) in [5.41, 5.74) is 5.76. The van der Waals surface area contributed by atoms with E-state index >= 15 is 0 Å². The number of hydrogen-bond donors (Lipinski definition) is 3. The molecule has 2 aromatic rings. The third kappa shape index (κ3) is 6.81. The zero-order chi connectivity index (χ0) is 18.1. The predicted octanol–water partition coefficient (Wildman–Crippen LogP) is 3.63. The van der Waals surface area contributed by atoms with Crippen molar-refractivity contribution >= 4 is 23.2 Å². The van der Waals surface area contributed by atoms with E-state index in [2.05, 4.69) is 30.0 Å². The van der Waals surface area contributed by atoms with Gasteiger partial charge in [-0.15, -0.1) is 0 Å². The Balaban J connectivity index is 1.85. The number of rotatable bonds is 6. The van der Waals surface area contributed by atoms with Crippen molar-refractivity contribution in [3.05, 3.63) is 60.2 Å². The van der Waals surface area contributed by atoms with Gasteiger partial charge in [0.2, 0.25) is 0 Å². The van der Waals surface area contributed by atoms with Crippen LogP contribution in [0.1, 0.15) is 30.6 Å². The summed E-state index contributed by atoms with van der Waals surface area (Å²) in [6.45, 7) is 5.05. The number of ether oxygens (including phenoxy) is 1.